The number of anilines is 1. The molecule has 0 saturated carbocycles. The van der Waals surface area contributed by atoms with Crippen LogP contribution >= 0.6 is 11.6 Å². The van der Waals surface area contributed by atoms with E-state index in [0.29, 0.717) is 16.3 Å². The van der Waals surface area contributed by atoms with Gasteiger partial charge in [-0.2, -0.15) is 5.26 Å². The fourth-order valence-corrected chi connectivity index (χ4v) is 1.77. The predicted octanol–water partition coefficient (Wildman–Crippen LogP) is 2.99. The first-order chi connectivity index (χ1) is 8.13. The molecule has 1 aromatic carbocycles. The molecule has 0 unspecified atom stereocenters. The lowest BCUT2D eigenvalue weighted by atomic mass is 10.0. The highest BCUT2D eigenvalue weighted by Gasteiger charge is 2.13. The number of nitrogen functional groups attached to an aromatic ring is 1. The Morgan fingerprint density at radius 1 is 1.29 bits per heavy atom. The Bertz CT molecular complexity index is 620. The first kappa shape index (κ1) is 11.4. The van der Waals surface area contributed by atoms with Crippen LogP contribution in [0.25, 0.3) is 11.1 Å². The number of nitrogens with zero attached hydrogens (tertiary/aromatic N) is 2. The SMILES string of the molecule is N#Cc1nccc(-c2ccc(N)cc2Cl)c1F. The van der Waals surface area contributed by atoms with Gasteiger partial charge in [-0.15, -0.1) is 0 Å². The van der Waals surface area contributed by atoms with E-state index in [4.69, 9.17) is 22.6 Å². The Labute approximate surface area is 102 Å². The minimum Gasteiger partial charge on any atom is -0.399 e. The van der Waals surface area contributed by atoms with Crippen LogP contribution in [0.5, 0.6) is 0 Å². The normalized spacial score (nSPS) is 9.94. The Kier molecular flexibility index (Phi) is 2.94. The molecule has 0 fully saturated rings. The van der Waals surface area contributed by atoms with Gasteiger partial charge in [0.1, 0.15) is 6.07 Å². The van der Waals surface area contributed by atoms with Crippen LogP contribution in [0.4, 0.5) is 10.1 Å². The first-order valence-corrected chi connectivity index (χ1v) is 5.11. The highest BCUT2D eigenvalue weighted by atomic mass is 35.5. The standard InChI is InChI=1S/C12H7ClFN3/c13-10-5-7(16)1-2-8(10)9-3-4-17-11(6-15)12(9)14/h1-5H,16H2. The van der Waals surface area contributed by atoms with E-state index in [0.717, 1.165) is 0 Å². The second-order valence-electron chi connectivity index (χ2n) is 3.37. The molecule has 0 amide bonds. The molecule has 2 N–H and O–H groups in total. The summed E-state index contributed by atoms with van der Waals surface area (Å²) in [4.78, 5) is 3.63. The molecule has 0 aliphatic heterocycles. The molecule has 1 heterocycles. The second kappa shape index (κ2) is 4.40. The summed E-state index contributed by atoms with van der Waals surface area (Å²) in [5, 5.41) is 9.03. The molecule has 0 atom stereocenters. The zero-order valence-corrected chi connectivity index (χ0v) is 9.37. The van der Waals surface area contributed by atoms with Gasteiger partial charge in [0.25, 0.3) is 0 Å². The zero-order valence-electron chi connectivity index (χ0n) is 8.61. The molecular weight excluding hydrogens is 241 g/mol. The number of halogens is 2. The lowest BCUT2D eigenvalue weighted by Crippen LogP contribution is -1.94. The Morgan fingerprint density at radius 3 is 2.71 bits per heavy atom. The highest BCUT2D eigenvalue weighted by Crippen LogP contribution is 2.31. The molecule has 2 rings (SSSR count). The van der Waals surface area contributed by atoms with Gasteiger partial charge in [0.15, 0.2) is 11.5 Å². The van der Waals surface area contributed by atoms with Crippen LogP contribution in [-0.4, -0.2) is 4.98 Å². The number of benzene rings is 1. The molecule has 0 bridgehead atoms. The van der Waals surface area contributed by atoms with Gasteiger partial charge in [-0.25, -0.2) is 9.37 Å². The van der Waals surface area contributed by atoms with Crippen molar-refractivity contribution in [3.8, 4) is 17.2 Å². The number of pyridine rings is 1. The van der Waals surface area contributed by atoms with Crippen LogP contribution in [0.1, 0.15) is 5.69 Å². The van der Waals surface area contributed by atoms with E-state index in [9.17, 15) is 4.39 Å². The maximum absolute atomic E-state index is 13.9. The van der Waals surface area contributed by atoms with Gasteiger partial charge in [-0.3, -0.25) is 0 Å². The third-order valence-electron chi connectivity index (χ3n) is 2.28. The van der Waals surface area contributed by atoms with E-state index >= 15 is 0 Å². The average molecular weight is 248 g/mol. The van der Waals surface area contributed by atoms with E-state index in [-0.39, 0.29) is 11.3 Å². The van der Waals surface area contributed by atoms with E-state index in [1.54, 1.807) is 18.2 Å². The van der Waals surface area contributed by atoms with Gasteiger partial charge >= 0.3 is 0 Å². The third kappa shape index (κ3) is 2.05. The Morgan fingerprint density at radius 2 is 2.06 bits per heavy atom. The van der Waals surface area contributed by atoms with Crippen molar-refractivity contribution >= 4 is 17.3 Å². The molecule has 84 valence electrons. The lowest BCUT2D eigenvalue weighted by molar-refractivity contribution is 0.620. The third-order valence-corrected chi connectivity index (χ3v) is 2.59. The van der Waals surface area contributed by atoms with E-state index < -0.39 is 5.82 Å². The molecule has 2 aromatic rings. The molecule has 5 heteroatoms. The van der Waals surface area contributed by atoms with Gasteiger partial charge in [-0.1, -0.05) is 17.7 Å². The van der Waals surface area contributed by atoms with Gasteiger partial charge < -0.3 is 5.73 Å². The van der Waals surface area contributed by atoms with Crippen molar-refractivity contribution < 1.29 is 4.39 Å². The summed E-state index contributed by atoms with van der Waals surface area (Å²) < 4.78 is 13.9. The minimum absolute atomic E-state index is 0.238. The van der Waals surface area contributed by atoms with Gasteiger partial charge in [0.2, 0.25) is 0 Å². The predicted molar refractivity (Wildman–Crippen MR) is 63.8 cm³/mol. The first-order valence-electron chi connectivity index (χ1n) is 4.73. The van der Waals surface area contributed by atoms with Gasteiger partial charge in [0.05, 0.1) is 5.02 Å². The van der Waals surface area contributed by atoms with Crippen LogP contribution in [0.15, 0.2) is 30.5 Å². The maximum atomic E-state index is 13.9. The second-order valence-corrected chi connectivity index (χ2v) is 3.78. The number of nitriles is 1. The fraction of sp³-hybridized carbons (Fsp3) is 0. The maximum Gasteiger partial charge on any atom is 0.176 e. The molecule has 0 spiro atoms. The quantitative estimate of drug-likeness (QED) is 0.788. The Balaban J connectivity index is 2.66. The molecule has 0 aliphatic rings. The summed E-state index contributed by atoms with van der Waals surface area (Å²) in [6.07, 6.45) is 1.36. The number of hydrogen-bond acceptors (Lipinski definition) is 3. The van der Waals surface area contributed by atoms with Crippen LogP contribution in [0.3, 0.4) is 0 Å². The van der Waals surface area contributed by atoms with Crippen molar-refractivity contribution in [2.24, 2.45) is 0 Å². The average Bonchev–Trinajstić information content (AvgIpc) is 2.30. The Hall–Kier alpha value is -2.12. The molecular formula is C12H7ClFN3. The van der Waals surface area contributed by atoms with Crippen molar-refractivity contribution in [1.82, 2.24) is 4.98 Å². The smallest absolute Gasteiger partial charge is 0.176 e. The van der Waals surface area contributed by atoms with E-state index in [2.05, 4.69) is 4.98 Å². The summed E-state index contributed by atoms with van der Waals surface area (Å²) in [5.41, 5.74) is 6.52. The minimum atomic E-state index is -0.679. The summed E-state index contributed by atoms with van der Waals surface area (Å²) in [6, 6.07) is 7.91. The summed E-state index contributed by atoms with van der Waals surface area (Å²) in [6.45, 7) is 0. The molecule has 3 nitrogen and oxygen atoms in total. The van der Waals surface area contributed by atoms with Crippen LogP contribution in [-0.2, 0) is 0 Å². The van der Waals surface area contributed by atoms with Crippen molar-refractivity contribution in [1.29, 1.82) is 5.26 Å². The van der Waals surface area contributed by atoms with Gasteiger partial charge in [-0.05, 0) is 18.2 Å². The van der Waals surface area contributed by atoms with Crippen LogP contribution in [0, 0.1) is 17.1 Å². The van der Waals surface area contributed by atoms with Crippen molar-refractivity contribution in [2.75, 3.05) is 5.73 Å². The highest BCUT2D eigenvalue weighted by molar-refractivity contribution is 6.33. The number of rotatable bonds is 1. The lowest BCUT2D eigenvalue weighted by Gasteiger charge is -2.07. The van der Waals surface area contributed by atoms with Gasteiger partial charge in [0, 0.05) is 23.0 Å². The monoisotopic (exact) mass is 247 g/mol. The fourth-order valence-electron chi connectivity index (χ4n) is 1.48. The number of nitrogens with two attached hydrogens (primary N) is 1. The van der Waals surface area contributed by atoms with Crippen molar-refractivity contribution in [2.45, 2.75) is 0 Å². The molecule has 0 saturated heterocycles. The number of aromatic nitrogens is 1. The van der Waals surface area contributed by atoms with Crippen LogP contribution < -0.4 is 5.73 Å². The zero-order chi connectivity index (χ0) is 12.4. The summed E-state index contributed by atoms with van der Waals surface area (Å²) in [5.74, 6) is -0.679. The summed E-state index contributed by atoms with van der Waals surface area (Å²) >= 11 is 5.98. The molecule has 17 heavy (non-hydrogen) atoms. The molecule has 0 aliphatic carbocycles. The number of hydrogen-bond donors (Lipinski definition) is 1. The van der Waals surface area contributed by atoms with E-state index in [1.165, 1.54) is 18.3 Å². The van der Waals surface area contributed by atoms with Crippen molar-refractivity contribution in [3.05, 3.63) is 47.0 Å². The van der Waals surface area contributed by atoms with E-state index in [1.807, 2.05) is 0 Å². The summed E-state index contributed by atoms with van der Waals surface area (Å²) in [7, 11) is 0. The topological polar surface area (TPSA) is 62.7 Å². The molecule has 1 aromatic heterocycles. The largest absolute Gasteiger partial charge is 0.399 e. The van der Waals surface area contributed by atoms with Crippen molar-refractivity contribution in [3.63, 3.8) is 0 Å². The molecule has 0 radical (unpaired) electrons. The van der Waals surface area contributed by atoms with Crippen LogP contribution in [0.2, 0.25) is 5.02 Å².